The minimum Gasteiger partial charge on any atom is -0.488 e. The van der Waals surface area contributed by atoms with Crippen LogP contribution in [-0.2, 0) is 24.4 Å². The van der Waals surface area contributed by atoms with Gasteiger partial charge in [0.25, 0.3) is 0 Å². The van der Waals surface area contributed by atoms with Crippen LogP contribution in [0.25, 0.3) is 0 Å². The van der Waals surface area contributed by atoms with E-state index in [1.54, 1.807) is 13.4 Å². The van der Waals surface area contributed by atoms with E-state index in [1.807, 2.05) is 4.57 Å². The van der Waals surface area contributed by atoms with Gasteiger partial charge >= 0.3 is 0 Å². The Morgan fingerprint density at radius 3 is 2.96 bits per heavy atom. The number of hydrogen-bond acceptors (Lipinski definition) is 5. The van der Waals surface area contributed by atoms with E-state index in [2.05, 4.69) is 57.9 Å². The zero-order valence-corrected chi connectivity index (χ0v) is 16.2. The van der Waals surface area contributed by atoms with E-state index >= 15 is 0 Å². The Hall–Kier alpha value is -2.61. The molecule has 0 spiro atoms. The second kappa shape index (κ2) is 9.36. The summed E-state index contributed by atoms with van der Waals surface area (Å²) in [6, 6.07) is 6.26. The van der Waals surface area contributed by atoms with Crippen molar-refractivity contribution in [2.24, 2.45) is 4.99 Å². The number of guanidine groups is 1. The maximum Gasteiger partial charge on any atom is 0.191 e. The van der Waals surface area contributed by atoms with Crippen molar-refractivity contribution in [1.82, 2.24) is 25.4 Å². The quantitative estimate of drug-likeness (QED) is 0.568. The van der Waals surface area contributed by atoms with Gasteiger partial charge in [-0.25, -0.2) is 0 Å². The number of aliphatic imine (C=N–C) groups is 1. The minimum absolute atomic E-state index is 0.128. The van der Waals surface area contributed by atoms with Gasteiger partial charge in [0.05, 0.1) is 19.8 Å². The van der Waals surface area contributed by atoms with Gasteiger partial charge in [-0.15, -0.1) is 10.2 Å². The van der Waals surface area contributed by atoms with Gasteiger partial charge in [0.1, 0.15) is 18.2 Å². The second-order valence-corrected chi connectivity index (χ2v) is 6.53. The SMILES string of the molecule is CCn1cnnc1CNC(=NC)NCc1ccc(C)cc1OC1CCOC1. The first-order chi connectivity index (χ1) is 13.2. The molecular formula is C19H28N6O2. The smallest absolute Gasteiger partial charge is 0.191 e. The molecule has 0 radical (unpaired) electrons. The molecule has 0 bridgehead atoms. The number of aryl methyl sites for hydroxylation is 2. The van der Waals surface area contributed by atoms with Crippen molar-refractivity contribution in [2.75, 3.05) is 20.3 Å². The third-order valence-corrected chi connectivity index (χ3v) is 4.52. The third kappa shape index (κ3) is 5.19. The Kier molecular flexibility index (Phi) is 6.64. The fraction of sp³-hybridized carbons (Fsp3) is 0.526. The summed E-state index contributed by atoms with van der Waals surface area (Å²) in [7, 11) is 1.75. The summed E-state index contributed by atoms with van der Waals surface area (Å²) in [5, 5.41) is 14.7. The topological polar surface area (TPSA) is 85.6 Å². The maximum absolute atomic E-state index is 6.16. The highest BCUT2D eigenvalue weighted by Gasteiger charge is 2.18. The molecular weight excluding hydrogens is 344 g/mol. The third-order valence-electron chi connectivity index (χ3n) is 4.52. The predicted molar refractivity (Wildman–Crippen MR) is 104 cm³/mol. The summed E-state index contributed by atoms with van der Waals surface area (Å²) in [6.45, 7) is 7.57. The molecule has 1 aliphatic rings. The number of hydrogen-bond donors (Lipinski definition) is 2. The van der Waals surface area contributed by atoms with Gasteiger partial charge in [0.15, 0.2) is 11.8 Å². The van der Waals surface area contributed by atoms with Crippen LogP contribution in [0.15, 0.2) is 29.5 Å². The predicted octanol–water partition coefficient (Wildman–Crippen LogP) is 1.64. The Bertz CT molecular complexity index is 767. The Labute approximate surface area is 160 Å². The molecule has 1 aliphatic heterocycles. The van der Waals surface area contributed by atoms with Crippen LogP contribution in [0.1, 0.15) is 30.3 Å². The van der Waals surface area contributed by atoms with Crippen LogP contribution in [0.5, 0.6) is 5.75 Å². The second-order valence-electron chi connectivity index (χ2n) is 6.53. The molecule has 8 heteroatoms. The molecule has 3 rings (SSSR count). The average molecular weight is 372 g/mol. The Morgan fingerprint density at radius 1 is 1.37 bits per heavy atom. The van der Waals surface area contributed by atoms with E-state index in [0.29, 0.717) is 25.7 Å². The summed E-state index contributed by atoms with van der Waals surface area (Å²) in [5.74, 6) is 2.48. The van der Waals surface area contributed by atoms with E-state index in [4.69, 9.17) is 9.47 Å². The summed E-state index contributed by atoms with van der Waals surface area (Å²) >= 11 is 0. The normalized spacial score (nSPS) is 17.1. The zero-order chi connectivity index (χ0) is 19.1. The highest BCUT2D eigenvalue weighted by atomic mass is 16.5. The molecule has 1 aromatic carbocycles. The molecule has 27 heavy (non-hydrogen) atoms. The number of rotatable bonds is 7. The van der Waals surface area contributed by atoms with Crippen LogP contribution in [0.4, 0.5) is 0 Å². The van der Waals surface area contributed by atoms with Gasteiger partial charge in [0, 0.05) is 32.1 Å². The van der Waals surface area contributed by atoms with Gasteiger partial charge in [-0.3, -0.25) is 4.99 Å². The van der Waals surface area contributed by atoms with Gasteiger partial charge in [-0.1, -0.05) is 12.1 Å². The van der Waals surface area contributed by atoms with Gasteiger partial charge in [0.2, 0.25) is 0 Å². The van der Waals surface area contributed by atoms with Crippen molar-refractivity contribution in [1.29, 1.82) is 0 Å². The number of nitrogens with one attached hydrogen (secondary N) is 2. The summed E-state index contributed by atoms with van der Waals surface area (Å²) in [4.78, 5) is 4.28. The van der Waals surface area contributed by atoms with Crippen LogP contribution in [0.3, 0.4) is 0 Å². The van der Waals surface area contributed by atoms with Crippen molar-refractivity contribution in [2.45, 2.75) is 46.0 Å². The van der Waals surface area contributed by atoms with Crippen LogP contribution >= 0.6 is 0 Å². The lowest BCUT2D eigenvalue weighted by atomic mass is 10.1. The lowest BCUT2D eigenvalue weighted by Gasteiger charge is -2.18. The number of nitrogens with zero attached hydrogens (tertiary/aromatic N) is 4. The molecule has 1 atom stereocenters. The van der Waals surface area contributed by atoms with E-state index < -0.39 is 0 Å². The highest BCUT2D eigenvalue weighted by Crippen LogP contribution is 2.23. The molecule has 0 amide bonds. The first-order valence-electron chi connectivity index (χ1n) is 9.34. The number of benzene rings is 1. The Morgan fingerprint density at radius 2 is 2.22 bits per heavy atom. The zero-order valence-electron chi connectivity index (χ0n) is 16.2. The lowest BCUT2D eigenvalue weighted by molar-refractivity contribution is 0.140. The minimum atomic E-state index is 0.128. The van der Waals surface area contributed by atoms with Crippen molar-refractivity contribution < 1.29 is 9.47 Å². The van der Waals surface area contributed by atoms with Crippen LogP contribution < -0.4 is 15.4 Å². The highest BCUT2D eigenvalue weighted by molar-refractivity contribution is 5.79. The number of ether oxygens (including phenoxy) is 2. The van der Waals surface area contributed by atoms with Gasteiger partial charge in [-0.2, -0.15) is 0 Å². The molecule has 1 unspecified atom stereocenters. The first kappa shape index (κ1) is 19.2. The molecule has 1 saturated heterocycles. The van der Waals surface area contributed by atoms with Crippen molar-refractivity contribution >= 4 is 5.96 Å². The lowest BCUT2D eigenvalue weighted by Crippen LogP contribution is -2.37. The summed E-state index contributed by atoms with van der Waals surface area (Å²) < 4.78 is 13.6. The maximum atomic E-state index is 6.16. The van der Waals surface area contributed by atoms with Crippen LogP contribution in [0, 0.1) is 6.92 Å². The molecule has 1 aromatic heterocycles. The first-order valence-corrected chi connectivity index (χ1v) is 9.34. The van der Waals surface area contributed by atoms with E-state index in [-0.39, 0.29) is 6.10 Å². The van der Waals surface area contributed by atoms with Gasteiger partial charge in [-0.05, 0) is 25.5 Å². The number of aromatic nitrogens is 3. The van der Waals surface area contributed by atoms with Crippen molar-refractivity contribution in [3.05, 3.63) is 41.5 Å². The van der Waals surface area contributed by atoms with Gasteiger partial charge < -0.3 is 24.7 Å². The molecule has 0 saturated carbocycles. The average Bonchev–Trinajstić information content (AvgIpc) is 3.34. The van der Waals surface area contributed by atoms with Crippen molar-refractivity contribution in [3.63, 3.8) is 0 Å². The van der Waals surface area contributed by atoms with E-state index in [1.165, 1.54) is 5.56 Å². The standard InChI is InChI=1S/C19H28N6O2/c1-4-25-13-23-24-18(25)11-22-19(20-3)21-10-15-6-5-14(2)9-17(15)27-16-7-8-26-12-16/h5-6,9,13,16H,4,7-8,10-12H2,1-3H3,(H2,20,21,22). The summed E-state index contributed by atoms with van der Waals surface area (Å²) in [6.07, 6.45) is 2.79. The van der Waals surface area contributed by atoms with E-state index in [9.17, 15) is 0 Å². The molecule has 0 aliphatic carbocycles. The molecule has 1 fully saturated rings. The van der Waals surface area contributed by atoms with Crippen molar-refractivity contribution in [3.8, 4) is 5.75 Å². The largest absolute Gasteiger partial charge is 0.488 e. The fourth-order valence-corrected chi connectivity index (χ4v) is 2.95. The molecule has 2 N–H and O–H groups in total. The summed E-state index contributed by atoms with van der Waals surface area (Å²) in [5.41, 5.74) is 2.27. The molecule has 146 valence electrons. The molecule has 8 nitrogen and oxygen atoms in total. The van der Waals surface area contributed by atoms with Crippen LogP contribution in [0.2, 0.25) is 0 Å². The molecule has 2 heterocycles. The fourth-order valence-electron chi connectivity index (χ4n) is 2.95. The Balaban J connectivity index is 1.59. The molecule has 2 aromatic rings. The van der Waals surface area contributed by atoms with Crippen LogP contribution in [-0.4, -0.2) is 47.1 Å². The monoisotopic (exact) mass is 372 g/mol. The van der Waals surface area contributed by atoms with E-state index in [0.717, 1.165) is 36.7 Å².